The number of hydrogen-bond acceptors (Lipinski definition) is 3. The summed E-state index contributed by atoms with van der Waals surface area (Å²) in [4.78, 5) is 16.1. The predicted molar refractivity (Wildman–Crippen MR) is 74.2 cm³/mol. The molecule has 2 rings (SSSR count). The number of phenols is 1. The Hall–Kier alpha value is -1.14. The van der Waals surface area contributed by atoms with E-state index >= 15 is 0 Å². The van der Waals surface area contributed by atoms with Gasteiger partial charge in [-0.25, -0.2) is 4.39 Å². The van der Waals surface area contributed by atoms with Crippen molar-refractivity contribution >= 4 is 21.8 Å². The summed E-state index contributed by atoms with van der Waals surface area (Å²) in [5.41, 5.74) is 0.0201. The number of nitrogens with zero attached hydrogens (tertiary/aromatic N) is 2. The van der Waals surface area contributed by atoms with Crippen LogP contribution in [0.15, 0.2) is 18.2 Å². The molecule has 0 radical (unpaired) electrons. The van der Waals surface area contributed by atoms with Gasteiger partial charge >= 0.3 is 0 Å². The molecule has 0 spiro atoms. The Labute approximate surface area is 119 Å². The van der Waals surface area contributed by atoms with Gasteiger partial charge in [-0.3, -0.25) is 9.69 Å². The van der Waals surface area contributed by atoms with Gasteiger partial charge in [-0.15, -0.1) is 0 Å². The summed E-state index contributed by atoms with van der Waals surface area (Å²) in [6, 6.07) is 3.63. The Morgan fingerprint density at radius 3 is 2.58 bits per heavy atom. The van der Waals surface area contributed by atoms with E-state index in [1.54, 1.807) is 4.90 Å². The first-order valence-corrected chi connectivity index (χ1v) is 7.30. The fourth-order valence-electron chi connectivity index (χ4n) is 2.14. The SMILES string of the molecule is O=C(c1ccc(O)cc1F)N1CCN(CCBr)CC1. The van der Waals surface area contributed by atoms with Crippen LogP contribution in [0.3, 0.4) is 0 Å². The third kappa shape index (κ3) is 3.45. The second kappa shape index (κ2) is 6.34. The van der Waals surface area contributed by atoms with Gasteiger partial charge < -0.3 is 10.0 Å². The summed E-state index contributed by atoms with van der Waals surface area (Å²) >= 11 is 3.39. The van der Waals surface area contributed by atoms with E-state index in [0.29, 0.717) is 13.1 Å². The van der Waals surface area contributed by atoms with E-state index in [1.165, 1.54) is 12.1 Å². The van der Waals surface area contributed by atoms with Crippen LogP contribution < -0.4 is 0 Å². The lowest BCUT2D eigenvalue weighted by Crippen LogP contribution is -2.49. The molecule has 0 atom stereocenters. The lowest BCUT2D eigenvalue weighted by molar-refractivity contribution is 0.0640. The average molecular weight is 331 g/mol. The molecule has 1 fully saturated rings. The van der Waals surface area contributed by atoms with Gasteiger partial charge in [0.25, 0.3) is 5.91 Å². The molecule has 6 heteroatoms. The van der Waals surface area contributed by atoms with Crippen LogP contribution in [-0.4, -0.2) is 58.9 Å². The molecule has 19 heavy (non-hydrogen) atoms. The predicted octanol–water partition coefficient (Wildman–Crippen LogP) is 1.68. The highest BCUT2D eigenvalue weighted by atomic mass is 79.9. The summed E-state index contributed by atoms with van der Waals surface area (Å²) in [6.07, 6.45) is 0. The Balaban J connectivity index is 2.01. The molecule has 0 bridgehead atoms. The molecule has 0 unspecified atom stereocenters. The summed E-state index contributed by atoms with van der Waals surface area (Å²) in [7, 11) is 0. The number of alkyl halides is 1. The molecule has 1 aliphatic heterocycles. The van der Waals surface area contributed by atoms with E-state index in [0.717, 1.165) is 31.0 Å². The molecule has 1 aromatic rings. The number of rotatable bonds is 3. The Bertz CT molecular complexity index is 462. The van der Waals surface area contributed by atoms with Crippen LogP contribution in [0.4, 0.5) is 4.39 Å². The Morgan fingerprint density at radius 1 is 1.32 bits per heavy atom. The van der Waals surface area contributed by atoms with Gasteiger partial charge in [-0.2, -0.15) is 0 Å². The van der Waals surface area contributed by atoms with Crippen molar-refractivity contribution in [2.24, 2.45) is 0 Å². The fraction of sp³-hybridized carbons (Fsp3) is 0.462. The third-order valence-electron chi connectivity index (χ3n) is 3.24. The molecule has 0 aromatic heterocycles. The highest BCUT2D eigenvalue weighted by Crippen LogP contribution is 2.17. The van der Waals surface area contributed by atoms with Crippen LogP contribution >= 0.6 is 15.9 Å². The number of phenolic OH excluding ortho intramolecular Hbond substituents is 1. The smallest absolute Gasteiger partial charge is 0.256 e. The maximum Gasteiger partial charge on any atom is 0.256 e. The van der Waals surface area contributed by atoms with Crippen molar-refractivity contribution in [1.29, 1.82) is 0 Å². The number of halogens is 2. The maximum atomic E-state index is 13.6. The number of carbonyl (C=O) groups excluding carboxylic acids is 1. The van der Waals surface area contributed by atoms with E-state index in [4.69, 9.17) is 5.11 Å². The fourth-order valence-corrected chi connectivity index (χ4v) is 2.64. The standard InChI is InChI=1S/C13H16BrFN2O2/c14-3-4-16-5-7-17(8-6-16)13(19)11-2-1-10(18)9-12(11)15/h1-2,9,18H,3-8H2. The normalized spacial score (nSPS) is 16.6. The quantitative estimate of drug-likeness (QED) is 0.857. The van der Waals surface area contributed by atoms with Crippen molar-refractivity contribution in [1.82, 2.24) is 9.80 Å². The van der Waals surface area contributed by atoms with Crippen molar-refractivity contribution < 1.29 is 14.3 Å². The molecule has 1 N–H and O–H groups in total. The van der Waals surface area contributed by atoms with E-state index in [2.05, 4.69) is 20.8 Å². The number of amides is 1. The first kappa shape index (κ1) is 14.3. The second-order valence-electron chi connectivity index (χ2n) is 4.49. The molecule has 1 heterocycles. The molecule has 0 saturated carbocycles. The van der Waals surface area contributed by atoms with E-state index < -0.39 is 5.82 Å². The average Bonchev–Trinajstić information content (AvgIpc) is 2.39. The number of aromatic hydroxyl groups is 1. The summed E-state index contributed by atoms with van der Waals surface area (Å²) < 4.78 is 13.6. The third-order valence-corrected chi connectivity index (χ3v) is 3.60. The zero-order chi connectivity index (χ0) is 13.8. The van der Waals surface area contributed by atoms with Crippen LogP contribution in [0.5, 0.6) is 5.75 Å². The van der Waals surface area contributed by atoms with Gasteiger partial charge in [0, 0.05) is 44.1 Å². The molecular formula is C13H16BrFN2O2. The lowest BCUT2D eigenvalue weighted by Gasteiger charge is -2.34. The molecule has 1 aromatic carbocycles. The summed E-state index contributed by atoms with van der Waals surface area (Å²) in [5, 5.41) is 10.1. The molecule has 1 amide bonds. The second-order valence-corrected chi connectivity index (χ2v) is 5.28. The number of carbonyl (C=O) groups is 1. The summed E-state index contributed by atoms with van der Waals surface area (Å²) in [5.74, 6) is -1.15. The molecule has 1 aliphatic rings. The van der Waals surface area contributed by atoms with Crippen LogP contribution in [-0.2, 0) is 0 Å². The van der Waals surface area contributed by atoms with Gasteiger partial charge in [0.2, 0.25) is 0 Å². The van der Waals surface area contributed by atoms with Crippen LogP contribution in [0.25, 0.3) is 0 Å². The van der Waals surface area contributed by atoms with Crippen molar-refractivity contribution in [3.05, 3.63) is 29.6 Å². The van der Waals surface area contributed by atoms with E-state index in [1.807, 2.05) is 0 Å². The first-order chi connectivity index (χ1) is 9.11. The topological polar surface area (TPSA) is 43.8 Å². The minimum atomic E-state index is -0.673. The van der Waals surface area contributed by atoms with Gasteiger partial charge in [-0.05, 0) is 12.1 Å². The zero-order valence-electron chi connectivity index (χ0n) is 10.5. The minimum Gasteiger partial charge on any atom is -0.508 e. The number of hydrogen-bond donors (Lipinski definition) is 1. The van der Waals surface area contributed by atoms with Gasteiger partial charge in [0.1, 0.15) is 11.6 Å². The minimum absolute atomic E-state index is 0.0201. The Kier molecular flexibility index (Phi) is 4.76. The highest BCUT2D eigenvalue weighted by molar-refractivity contribution is 9.09. The van der Waals surface area contributed by atoms with E-state index in [9.17, 15) is 9.18 Å². The number of benzene rings is 1. The van der Waals surface area contributed by atoms with Crippen molar-refractivity contribution in [2.75, 3.05) is 38.1 Å². The van der Waals surface area contributed by atoms with Crippen molar-refractivity contribution in [2.45, 2.75) is 0 Å². The highest BCUT2D eigenvalue weighted by Gasteiger charge is 2.23. The van der Waals surface area contributed by atoms with Gasteiger partial charge in [0.15, 0.2) is 0 Å². The molecule has 0 aliphatic carbocycles. The molecule has 1 saturated heterocycles. The number of piperazine rings is 1. The van der Waals surface area contributed by atoms with Crippen molar-refractivity contribution in [3.8, 4) is 5.75 Å². The van der Waals surface area contributed by atoms with Crippen LogP contribution in [0.2, 0.25) is 0 Å². The van der Waals surface area contributed by atoms with Gasteiger partial charge in [0.05, 0.1) is 5.56 Å². The van der Waals surface area contributed by atoms with Crippen LogP contribution in [0.1, 0.15) is 10.4 Å². The monoisotopic (exact) mass is 330 g/mol. The largest absolute Gasteiger partial charge is 0.508 e. The van der Waals surface area contributed by atoms with E-state index in [-0.39, 0.29) is 17.2 Å². The zero-order valence-corrected chi connectivity index (χ0v) is 12.1. The first-order valence-electron chi connectivity index (χ1n) is 6.18. The molecular weight excluding hydrogens is 315 g/mol. The lowest BCUT2D eigenvalue weighted by atomic mass is 10.1. The molecule has 4 nitrogen and oxygen atoms in total. The van der Waals surface area contributed by atoms with Crippen molar-refractivity contribution in [3.63, 3.8) is 0 Å². The summed E-state index contributed by atoms with van der Waals surface area (Å²) in [6.45, 7) is 3.77. The maximum absolute atomic E-state index is 13.6. The van der Waals surface area contributed by atoms with Gasteiger partial charge in [-0.1, -0.05) is 15.9 Å². The Morgan fingerprint density at radius 2 is 2.00 bits per heavy atom. The van der Waals surface area contributed by atoms with Crippen LogP contribution in [0, 0.1) is 5.82 Å². The molecule has 104 valence electrons.